The largest absolute Gasteiger partial charge is 0.484 e. The number of amides is 1. The molecule has 0 spiro atoms. The van der Waals surface area contributed by atoms with E-state index < -0.39 is 0 Å². The molecule has 2 aromatic carbocycles. The number of halogens is 1. The van der Waals surface area contributed by atoms with E-state index in [0.717, 1.165) is 0 Å². The number of aromatic nitrogens is 4. The van der Waals surface area contributed by atoms with Gasteiger partial charge in [0.25, 0.3) is 5.91 Å². The molecule has 9 heteroatoms. The summed E-state index contributed by atoms with van der Waals surface area (Å²) in [5, 5.41) is 15.2. The van der Waals surface area contributed by atoms with Crippen molar-refractivity contribution in [2.75, 3.05) is 19.8 Å². The normalized spacial score (nSPS) is 10.7. The van der Waals surface area contributed by atoms with E-state index in [1.54, 1.807) is 36.4 Å². The first kappa shape index (κ1) is 19.3. The molecular formula is C21H18FN5O3. The van der Waals surface area contributed by atoms with E-state index in [2.05, 4.69) is 20.6 Å². The van der Waals surface area contributed by atoms with Crippen LogP contribution in [0, 0.1) is 5.82 Å². The lowest BCUT2D eigenvalue weighted by molar-refractivity contribution is -0.123. The first-order valence-electron chi connectivity index (χ1n) is 9.25. The van der Waals surface area contributed by atoms with Crippen LogP contribution < -0.4 is 14.8 Å². The Labute approximate surface area is 171 Å². The van der Waals surface area contributed by atoms with Crippen molar-refractivity contribution in [1.29, 1.82) is 0 Å². The standard InChI is InChI=1S/C21H18FN5O3/c22-16-6-4-5-15(13-16)21-25-24-18-9-10-20(26-27(18)21)29-12-11-23-19(28)14-30-17-7-2-1-3-8-17/h1-10,13H,11-12,14H2,(H,23,28). The molecule has 1 N–H and O–H groups in total. The van der Waals surface area contributed by atoms with Gasteiger partial charge in [0.15, 0.2) is 18.1 Å². The Kier molecular flexibility index (Phi) is 5.79. The maximum absolute atomic E-state index is 13.5. The van der Waals surface area contributed by atoms with Gasteiger partial charge in [-0.2, -0.15) is 4.52 Å². The van der Waals surface area contributed by atoms with E-state index in [1.807, 2.05) is 18.2 Å². The molecule has 1 amide bonds. The van der Waals surface area contributed by atoms with Crippen molar-refractivity contribution in [3.05, 3.63) is 72.5 Å². The maximum Gasteiger partial charge on any atom is 0.258 e. The van der Waals surface area contributed by atoms with Crippen LogP contribution in [0.25, 0.3) is 17.0 Å². The summed E-state index contributed by atoms with van der Waals surface area (Å²) in [6.07, 6.45) is 0. The number of rotatable bonds is 8. The zero-order chi connectivity index (χ0) is 20.8. The zero-order valence-electron chi connectivity index (χ0n) is 15.9. The molecule has 0 aliphatic heterocycles. The summed E-state index contributed by atoms with van der Waals surface area (Å²) in [6.45, 7) is 0.425. The first-order valence-corrected chi connectivity index (χ1v) is 9.25. The molecular weight excluding hydrogens is 389 g/mol. The average Bonchev–Trinajstić information content (AvgIpc) is 3.19. The number of hydrogen-bond acceptors (Lipinski definition) is 6. The van der Waals surface area contributed by atoms with Gasteiger partial charge < -0.3 is 14.8 Å². The number of carbonyl (C=O) groups is 1. The van der Waals surface area contributed by atoms with E-state index in [9.17, 15) is 9.18 Å². The molecule has 30 heavy (non-hydrogen) atoms. The van der Waals surface area contributed by atoms with Gasteiger partial charge in [-0.15, -0.1) is 15.3 Å². The molecule has 0 saturated heterocycles. The summed E-state index contributed by atoms with van der Waals surface area (Å²) in [6, 6.07) is 18.5. The summed E-state index contributed by atoms with van der Waals surface area (Å²) in [7, 11) is 0. The number of carbonyl (C=O) groups excluding carboxylic acids is 1. The Bertz CT molecular complexity index is 1150. The second kappa shape index (κ2) is 8.99. The minimum atomic E-state index is -0.372. The van der Waals surface area contributed by atoms with E-state index in [4.69, 9.17) is 9.47 Å². The third-order valence-electron chi connectivity index (χ3n) is 4.11. The second-order valence-electron chi connectivity index (χ2n) is 6.28. The molecule has 0 radical (unpaired) electrons. The molecule has 152 valence electrons. The number of fused-ring (bicyclic) bond motifs is 1. The van der Waals surface area contributed by atoms with Crippen molar-refractivity contribution in [3.8, 4) is 23.0 Å². The van der Waals surface area contributed by atoms with Gasteiger partial charge in [0.2, 0.25) is 5.88 Å². The molecule has 2 aromatic heterocycles. The summed E-state index contributed by atoms with van der Waals surface area (Å²) in [5.74, 6) is 0.738. The Balaban J connectivity index is 1.31. The van der Waals surface area contributed by atoms with Gasteiger partial charge >= 0.3 is 0 Å². The van der Waals surface area contributed by atoms with Crippen LogP contribution in [0.2, 0.25) is 0 Å². The zero-order valence-corrected chi connectivity index (χ0v) is 15.9. The molecule has 4 rings (SSSR count). The molecule has 0 atom stereocenters. The highest BCUT2D eigenvalue weighted by atomic mass is 19.1. The first-order chi connectivity index (χ1) is 14.7. The van der Waals surface area contributed by atoms with Crippen LogP contribution in [0.15, 0.2) is 66.7 Å². The Morgan fingerprint density at radius 3 is 2.70 bits per heavy atom. The molecule has 2 heterocycles. The SMILES string of the molecule is O=C(COc1ccccc1)NCCOc1ccc2nnc(-c3cccc(F)c3)n2n1. The van der Waals surface area contributed by atoms with Crippen LogP contribution in [0.4, 0.5) is 4.39 Å². The highest BCUT2D eigenvalue weighted by Crippen LogP contribution is 2.19. The Morgan fingerprint density at radius 2 is 1.87 bits per heavy atom. The number of benzene rings is 2. The Morgan fingerprint density at radius 1 is 1.00 bits per heavy atom. The van der Waals surface area contributed by atoms with Crippen LogP contribution in [0.5, 0.6) is 11.6 Å². The van der Waals surface area contributed by atoms with Crippen molar-refractivity contribution in [2.45, 2.75) is 0 Å². The second-order valence-corrected chi connectivity index (χ2v) is 6.28. The molecule has 0 bridgehead atoms. The van der Waals surface area contributed by atoms with Crippen LogP contribution >= 0.6 is 0 Å². The highest BCUT2D eigenvalue weighted by Gasteiger charge is 2.11. The molecule has 8 nitrogen and oxygen atoms in total. The molecule has 0 unspecified atom stereocenters. The summed E-state index contributed by atoms with van der Waals surface area (Å²) < 4.78 is 26.0. The number of ether oxygens (including phenoxy) is 2. The fourth-order valence-corrected chi connectivity index (χ4v) is 2.72. The highest BCUT2D eigenvalue weighted by molar-refractivity contribution is 5.77. The third kappa shape index (κ3) is 4.69. The smallest absolute Gasteiger partial charge is 0.258 e. The molecule has 0 aliphatic carbocycles. The van der Waals surface area contributed by atoms with Crippen LogP contribution in [-0.2, 0) is 4.79 Å². The maximum atomic E-state index is 13.5. The van der Waals surface area contributed by atoms with Gasteiger partial charge in [-0.25, -0.2) is 4.39 Å². The fourth-order valence-electron chi connectivity index (χ4n) is 2.72. The number of nitrogens with zero attached hydrogens (tertiary/aromatic N) is 4. The van der Waals surface area contributed by atoms with Crippen LogP contribution in [0.3, 0.4) is 0 Å². The third-order valence-corrected chi connectivity index (χ3v) is 4.11. The van der Waals surface area contributed by atoms with Gasteiger partial charge in [0, 0.05) is 11.6 Å². The molecule has 4 aromatic rings. The van der Waals surface area contributed by atoms with Crippen molar-refractivity contribution in [1.82, 2.24) is 25.1 Å². The lowest BCUT2D eigenvalue weighted by Crippen LogP contribution is -2.32. The number of nitrogens with one attached hydrogen (secondary N) is 1. The van der Waals surface area contributed by atoms with E-state index >= 15 is 0 Å². The molecule has 0 aliphatic rings. The minimum Gasteiger partial charge on any atom is -0.484 e. The fraction of sp³-hybridized carbons (Fsp3) is 0.143. The lowest BCUT2D eigenvalue weighted by Gasteiger charge is -2.08. The summed E-state index contributed by atoms with van der Waals surface area (Å²) in [4.78, 5) is 11.8. The van der Waals surface area contributed by atoms with Crippen LogP contribution in [0.1, 0.15) is 0 Å². The van der Waals surface area contributed by atoms with E-state index in [1.165, 1.54) is 16.6 Å². The van der Waals surface area contributed by atoms with Crippen molar-refractivity contribution < 1.29 is 18.7 Å². The average molecular weight is 407 g/mol. The molecule has 0 fully saturated rings. The van der Waals surface area contributed by atoms with Gasteiger partial charge in [-0.3, -0.25) is 4.79 Å². The van der Waals surface area contributed by atoms with Crippen molar-refractivity contribution >= 4 is 11.6 Å². The number of para-hydroxylation sites is 1. The minimum absolute atomic E-state index is 0.0775. The van der Waals surface area contributed by atoms with Gasteiger partial charge in [0.1, 0.15) is 18.2 Å². The van der Waals surface area contributed by atoms with Crippen molar-refractivity contribution in [3.63, 3.8) is 0 Å². The Hall–Kier alpha value is -4.01. The number of hydrogen-bond donors (Lipinski definition) is 1. The molecule has 0 saturated carbocycles. The predicted octanol–water partition coefficient (Wildman–Crippen LogP) is 2.50. The van der Waals surface area contributed by atoms with E-state index in [-0.39, 0.29) is 31.5 Å². The predicted molar refractivity (Wildman–Crippen MR) is 107 cm³/mol. The topological polar surface area (TPSA) is 90.6 Å². The van der Waals surface area contributed by atoms with Crippen molar-refractivity contribution in [2.24, 2.45) is 0 Å². The van der Waals surface area contributed by atoms with E-state index in [0.29, 0.717) is 28.7 Å². The van der Waals surface area contributed by atoms with Gasteiger partial charge in [-0.05, 0) is 30.3 Å². The van der Waals surface area contributed by atoms with Gasteiger partial charge in [0.05, 0.1) is 6.54 Å². The van der Waals surface area contributed by atoms with Gasteiger partial charge in [-0.1, -0.05) is 30.3 Å². The quantitative estimate of drug-likeness (QED) is 0.452. The summed E-state index contributed by atoms with van der Waals surface area (Å²) in [5.41, 5.74) is 1.06. The monoisotopic (exact) mass is 407 g/mol. The lowest BCUT2D eigenvalue weighted by atomic mass is 10.2. The van der Waals surface area contributed by atoms with Crippen LogP contribution in [-0.4, -0.2) is 45.5 Å². The summed E-state index contributed by atoms with van der Waals surface area (Å²) >= 11 is 0.